The van der Waals surface area contributed by atoms with Gasteiger partial charge >= 0.3 is 0 Å². The summed E-state index contributed by atoms with van der Waals surface area (Å²) in [5.74, 6) is 0. The average molecular weight is 394 g/mol. The Balaban J connectivity index is 1.53. The number of allylic oxidation sites excluding steroid dienone is 3. The molecule has 1 unspecified atom stereocenters. The molecule has 1 saturated heterocycles. The van der Waals surface area contributed by atoms with Crippen LogP contribution in [0.4, 0.5) is 0 Å². The molecule has 1 heterocycles. The van der Waals surface area contributed by atoms with Crippen LogP contribution in [0, 0.1) is 0 Å². The molecule has 0 spiro atoms. The van der Waals surface area contributed by atoms with Crippen molar-refractivity contribution in [1.29, 1.82) is 0 Å². The zero-order chi connectivity index (χ0) is 20.3. The molecule has 2 aliphatic carbocycles. The second-order valence-electron chi connectivity index (χ2n) is 9.59. The number of benzene rings is 1. The molecule has 4 rings (SSSR count). The second-order valence-corrected chi connectivity index (χ2v) is 9.59. The van der Waals surface area contributed by atoms with Crippen LogP contribution >= 0.6 is 0 Å². The highest BCUT2D eigenvalue weighted by Crippen LogP contribution is 2.34. The first-order valence-corrected chi connectivity index (χ1v) is 12.2. The van der Waals surface area contributed by atoms with E-state index in [9.17, 15) is 0 Å². The normalized spacial score (nSPS) is 24.0. The van der Waals surface area contributed by atoms with E-state index in [0.717, 1.165) is 6.04 Å². The van der Waals surface area contributed by atoms with E-state index in [1.54, 1.807) is 11.1 Å². The lowest BCUT2D eigenvalue weighted by Crippen LogP contribution is -2.58. The molecule has 3 aliphatic rings. The monoisotopic (exact) mass is 393 g/mol. The minimum Gasteiger partial charge on any atom is -0.368 e. The molecule has 0 N–H and O–H groups in total. The van der Waals surface area contributed by atoms with E-state index in [1.165, 1.54) is 93.3 Å². The summed E-state index contributed by atoms with van der Waals surface area (Å²) < 4.78 is 1.35. The maximum Gasteiger partial charge on any atom is 0.0907 e. The van der Waals surface area contributed by atoms with E-state index in [4.69, 9.17) is 0 Å². The van der Waals surface area contributed by atoms with Crippen LogP contribution in [0.1, 0.15) is 70.4 Å². The maximum atomic E-state index is 2.82. The summed E-state index contributed by atoms with van der Waals surface area (Å²) in [6, 6.07) is 10.6. The molecule has 158 valence electrons. The Morgan fingerprint density at radius 3 is 2.31 bits per heavy atom. The van der Waals surface area contributed by atoms with Crippen LogP contribution in [0.5, 0.6) is 0 Å². The summed E-state index contributed by atoms with van der Waals surface area (Å²) in [5, 5.41) is 0. The van der Waals surface area contributed by atoms with Crippen molar-refractivity contribution in [3.63, 3.8) is 0 Å². The minimum atomic E-state index is 0.633. The first-order valence-electron chi connectivity index (χ1n) is 12.2. The van der Waals surface area contributed by atoms with Crippen molar-refractivity contribution < 1.29 is 4.48 Å². The lowest BCUT2D eigenvalue weighted by atomic mass is 9.94. The molecule has 0 amide bonds. The number of nitrogens with zero attached hydrogens (tertiary/aromatic N) is 2. The highest BCUT2D eigenvalue weighted by Gasteiger charge is 2.37. The SMILES string of the molecule is CC[N+]1(CC)CCCCC1CCN(C1=CCCC=C1C)C1Cc2ccccc2C1. The quantitative estimate of drug-likeness (QED) is 0.523. The summed E-state index contributed by atoms with van der Waals surface area (Å²) in [4.78, 5) is 2.82. The molecule has 1 atom stereocenters. The Labute approximate surface area is 178 Å². The van der Waals surface area contributed by atoms with Crippen molar-refractivity contribution in [3.8, 4) is 0 Å². The molecule has 0 bridgehead atoms. The molecule has 2 nitrogen and oxygen atoms in total. The minimum absolute atomic E-state index is 0.633. The van der Waals surface area contributed by atoms with E-state index < -0.39 is 0 Å². The molecule has 0 aromatic heterocycles. The van der Waals surface area contributed by atoms with Gasteiger partial charge in [0, 0.05) is 24.7 Å². The van der Waals surface area contributed by atoms with Crippen LogP contribution in [-0.4, -0.2) is 47.6 Å². The zero-order valence-corrected chi connectivity index (χ0v) is 19.0. The summed E-state index contributed by atoms with van der Waals surface area (Å²) in [6.07, 6.45) is 15.5. The van der Waals surface area contributed by atoms with Crippen LogP contribution in [0.2, 0.25) is 0 Å². The van der Waals surface area contributed by atoms with Gasteiger partial charge < -0.3 is 9.38 Å². The van der Waals surface area contributed by atoms with Crippen LogP contribution in [0.3, 0.4) is 0 Å². The van der Waals surface area contributed by atoms with Gasteiger partial charge in [-0.25, -0.2) is 0 Å². The third-order valence-electron chi connectivity index (χ3n) is 8.27. The molecule has 1 aromatic carbocycles. The highest BCUT2D eigenvalue weighted by molar-refractivity contribution is 5.37. The van der Waals surface area contributed by atoms with Gasteiger partial charge in [-0.1, -0.05) is 36.4 Å². The Hall–Kier alpha value is -1.54. The van der Waals surface area contributed by atoms with Gasteiger partial charge in [-0.15, -0.1) is 0 Å². The van der Waals surface area contributed by atoms with Crippen molar-refractivity contribution in [2.45, 2.75) is 84.2 Å². The molecule has 2 heteroatoms. The number of likely N-dealkylation sites (tertiary alicyclic amines) is 1. The number of piperidine rings is 1. The molecule has 29 heavy (non-hydrogen) atoms. The molecule has 0 radical (unpaired) electrons. The predicted octanol–water partition coefficient (Wildman–Crippen LogP) is 5.88. The van der Waals surface area contributed by atoms with E-state index in [-0.39, 0.29) is 0 Å². The van der Waals surface area contributed by atoms with Gasteiger partial charge in [0.1, 0.15) is 0 Å². The number of hydrogen-bond donors (Lipinski definition) is 0. The fraction of sp³-hybridized carbons (Fsp3) is 0.630. The number of hydrogen-bond acceptors (Lipinski definition) is 1. The molecular weight excluding hydrogens is 352 g/mol. The van der Waals surface area contributed by atoms with E-state index in [2.05, 4.69) is 62.1 Å². The maximum absolute atomic E-state index is 2.82. The standard InChI is InChI=1S/C27H41N2/c1-4-29(5-2)19-11-10-15-26(29)17-18-28(27-16-9-6-12-22(27)3)25-20-23-13-7-8-14-24(23)21-25/h7-8,12-14,16,25-26H,4-6,9-11,15,17-21H2,1-3H3/q+1. The van der Waals surface area contributed by atoms with Gasteiger partial charge in [0.25, 0.3) is 0 Å². The third-order valence-corrected chi connectivity index (χ3v) is 8.27. The van der Waals surface area contributed by atoms with Crippen molar-refractivity contribution >= 4 is 0 Å². The van der Waals surface area contributed by atoms with E-state index in [1.807, 2.05) is 0 Å². The number of fused-ring (bicyclic) bond motifs is 1. The van der Waals surface area contributed by atoms with Crippen LogP contribution in [0.15, 0.2) is 47.7 Å². The fourth-order valence-corrected chi connectivity index (χ4v) is 6.41. The van der Waals surface area contributed by atoms with Gasteiger partial charge in [-0.05, 0) is 82.4 Å². The molecule has 1 aliphatic heterocycles. The number of quaternary nitrogens is 1. The van der Waals surface area contributed by atoms with Gasteiger partial charge in [0.05, 0.1) is 25.7 Å². The molecule has 0 saturated carbocycles. The third kappa shape index (κ3) is 4.19. The lowest BCUT2D eigenvalue weighted by molar-refractivity contribution is -0.953. The van der Waals surface area contributed by atoms with Crippen molar-refractivity contribution in [3.05, 3.63) is 58.8 Å². The molecule has 1 aromatic rings. The van der Waals surface area contributed by atoms with Crippen LogP contribution < -0.4 is 0 Å². The molecule has 1 fully saturated rings. The van der Waals surface area contributed by atoms with Gasteiger partial charge in [0.15, 0.2) is 0 Å². The zero-order valence-electron chi connectivity index (χ0n) is 19.0. The first-order chi connectivity index (χ1) is 14.2. The van der Waals surface area contributed by atoms with Gasteiger partial charge in [0.2, 0.25) is 0 Å². The Kier molecular flexibility index (Phi) is 6.49. The number of rotatable bonds is 7. The second kappa shape index (κ2) is 9.08. The topological polar surface area (TPSA) is 3.24 Å². The first kappa shape index (κ1) is 20.7. The smallest absolute Gasteiger partial charge is 0.0907 e. The largest absolute Gasteiger partial charge is 0.368 e. The van der Waals surface area contributed by atoms with Crippen molar-refractivity contribution in [2.24, 2.45) is 0 Å². The summed E-state index contributed by atoms with van der Waals surface area (Å²) >= 11 is 0. The fourth-order valence-electron chi connectivity index (χ4n) is 6.41. The Bertz CT molecular complexity index is 731. The Morgan fingerprint density at radius 1 is 0.966 bits per heavy atom. The highest BCUT2D eigenvalue weighted by atomic mass is 15.4. The predicted molar refractivity (Wildman–Crippen MR) is 124 cm³/mol. The van der Waals surface area contributed by atoms with Crippen molar-refractivity contribution in [2.75, 3.05) is 26.2 Å². The average Bonchev–Trinajstić information content (AvgIpc) is 3.19. The summed E-state index contributed by atoms with van der Waals surface area (Å²) in [5.41, 5.74) is 6.19. The Morgan fingerprint density at radius 2 is 1.66 bits per heavy atom. The van der Waals surface area contributed by atoms with E-state index in [0.29, 0.717) is 6.04 Å². The lowest BCUT2D eigenvalue weighted by Gasteiger charge is -2.48. The van der Waals surface area contributed by atoms with E-state index >= 15 is 0 Å². The molecular formula is C27H41N2+. The van der Waals surface area contributed by atoms with Crippen molar-refractivity contribution in [1.82, 2.24) is 4.90 Å². The summed E-state index contributed by atoms with van der Waals surface area (Å²) in [6.45, 7) is 12.4. The van der Waals surface area contributed by atoms with Gasteiger partial charge in [-0.2, -0.15) is 0 Å². The van der Waals surface area contributed by atoms with Crippen LogP contribution in [0.25, 0.3) is 0 Å². The summed E-state index contributed by atoms with van der Waals surface area (Å²) in [7, 11) is 0. The van der Waals surface area contributed by atoms with Gasteiger partial charge in [-0.3, -0.25) is 0 Å². The van der Waals surface area contributed by atoms with Crippen LogP contribution in [-0.2, 0) is 12.8 Å².